The Bertz CT molecular complexity index is 964. The minimum Gasteiger partial charge on any atom is -0.364 e. The number of hydrogen-bond acceptors (Lipinski definition) is 3. The van der Waals surface area contributed by atoms with Gasteiger partial charge in [0.15, 0.2) is 0 Å². The van der Waals surface area contributed by atoms with Crippen molar-refractivity contribution in [1.29, 1.82) is 0 Å². The van der Waals surface area contributed by atoms with Crippen LogP contribution in [0.3, 0.4) is 0 Å². The van der Waals surface area contributed by atoms with Gasteiger partial charge in [0.2, 0.25) is 0 Å². The van der Waals surface area contributed by atoms with E-state index in [0.29, 0.717) is 27.3 Å². The number of benzene rings is 2. The number of nitrogens with one attached hydrogen (secondary N) is 2. The maximum atomic E-state index is 12.4. The SMILES string of the molecule is C=C/C=C/C(Cl)=N\C(=C/C)N[C@@H](C)c1cccc(NC(=O)c2cccc(Cl)c2)c1. The van der Waals surface area contributed by atoms with Crippen LogP contribution < -0.4 is 10.6 Å². The molecule has 0 aliphatic heterocycles. The topological polar surface area (TPSA) is 53.5 Å². The first kappa shape index (κ1) is 22.5. The molecule has 0 aromatic heterocycles. The number of aliphatic imine (C=N–C) groups is 1. The molecule has 0 spiro atoms. The smallest absolute Gasteiger partial charge is 0.255 e. The zero-order valence-electron chi connectivity index (χ0n) is 16.3. The first-order valence-electron chi connectivity index (χ1n) is 9.06. The molecule has 2 rings (SSSR count). The molecule has 150 valence electrons. The fourth-order valence-corrected chi connectivity index (χ4v) is 2.86. The molecular weight excluding hydrogens is 405 g/mol. The highest BCUT2D eigenvalue weighted by Gasteiger charge is 2.10. The monoisotopic (exact) mass is 427 g/mol. The molecule has 0 fully saturated rings. The number of nitrogens with zero attached hydrogens (tertiary/aromatic N) is 1. The maximum absolute atomic E-state index is 12.4. The van der Waals surface area contributed by atoms with Gasteiger partial charge in [-0.3, -0.25) is 4.79 Å². The number of anilines is 1. The van der Waals surface area contributed by atoms with Crippen molar-refractivity contribution in [3.63, 3.8) is 0 Å². The molecule has 0 heterocycles. The standard InChI is InChI=1S/C23H23Cl2N3O/c1-4-6-13-21(25)28-22(5-2)26-16(3)17-9-8-12-20(15-17)27-23(29)18-10-7-11-19(24)14-18/h4-16,26H,1H2,2-3H3,(H,27,29)/b13-6+,22-5-,28-21+/t16-/m0/s1. The predicted molar refractivity (Wildman–Crippen MR) is 124 cm³/mol. The lowest BCUT2D eigenvalue weighted by Crippen LogP contribution is -2.18. The van der Waals surface area contributed by atoms with Crippen molar-refractivity contribution in [2.75, 3.05) is 5.32 Å². The number of carbonyl (C=O) groups is 1. The van der Waals surface area contributed by atoms with Crippen LogP contribution in [0, 0.1) is 0 Å². The Balaban J connectivity index is 2.10. The van der Waals surface area contributed by atoms with Crippen molar-refractivity contribution >= 4 is 40.0 Å². The van der Waals surface area contributed by atoms with Crippen LogP contribution in [-0.2, 0) is 0 Å². The lowest BCUT2D eigenvalue weighted by atomic mass is 10.1. The average Bonchev–Trinajstić information content (AvgIpc) is 2.71. The van der Waals surface area contributed by atoms with Gasteiger partial charge in [0.1, 0.15) is 11.0 Å². The minimum absolute atomic E-state index is 0.0548. The molecule has 2 N–H and O–H groups in total. The van der Waals surface area contributed by atoms with E-state index in [2.05, 4.69) is 22.2 Å². The zero-order chi connectivity index (χ0) is 21.2. The number of allylic oxidation sites excluding steroid dienone is 4. The van der Waals surface area contributed by atoms with Crippen molar-refractivity contribution in [2.45, 2.75) is 19.9 Å². The number of hydrogen-bond donors (Lipinski definition) is 2. The Morgan fingerprint density at radius 2 is 1.97 bits per heavy atom. The third-order valence-corrected chi connectivity index (χ3v) is 4.41. The lowest BCUT2D eigenvalue weighted by Gasteiger charge is -2.17. The molecule has 6 heteroatoms. The number of carbonyl (C=O) groups excluding carboxylic acids is 1. The normalized spacial score (nSPS) is 13.2. The van der Waals surface area contributed by atoms with Gasteiger partial charge in [-0.2, -0.15) is 0 Å². The second kappa shape index (κ2) is 11.2. The molecule has 0 saturated heterocycles. The van der Waals surface area contributed by atoms with Gasteiger partial charge in [0.05, 0.1) is 6.04 Å². The first-order valence-corrected chi connectivity index (χ1v) is 9.81. The maximum Gasteiger partial charge on any atom is 0.255 e. The molecule has 0 aliphatic rings. The zero-order valence-corrected chi connectivity index (χ0v) is 17.8. The van der Waals surface area contributed by atoms with Crippen molar-refractivity contribution in [2.24, 2.45) is 4.99 Å². The Morgan fingerprint density at radius 1 is 1.21 bits per heavy atom. The van der Waals surface area contributed by atoms with Crippen LogP contribution in [0.1, 0.15) is 35.8 Å². The van der Waals surface area contributed by atoms with Gasteiger partial charge >= 0.3 is 0 Å². The summed E-state index contributed by atoms with van der Waals surface area (Å²) in [6.07, 6.45) is 6.85. The molecule has 1 atom stereocenters. The van der Waals surface area contributed by atoms with E-state index in [-0.39, 0.29) is 11.9 Å². The van der Waals surface area contributed by atoms with Gasteiger partial charge < -0.3 is 10.6 Å². The van der Waals surface area contributed by atoms with Crippen molar-refractivity contribution in [3.05, 3.63) is 101 Å². The van der Waals surface area contributed by atoms with E-state index >= 15 is 0 Å². The lowest BCUT2D eigenvalue weighted by molar-refractivity contribution is 0.102. The molecular formula is C23H23Cl2N3O. The summed E-state index contributed by atoms with van der Waals surface area (Å²) in [4.78, 5) is 16.8. The predicted octanol–water partition coefficient (Wildman–Crippen LogP) is 6.48. The van der Waals surface area contributed by atoms with Crippen LogP contribution in [0.15, 0.2) is 90.2 Å². The molecule has 0 aliphatic carbocycles. The van der Waals surface area contributed by atoms with E-state index in [4.69, 9.17) is 23.2 Å². The molecule has 0 unspecified atom stereocenters. The Kier molecular flexibility index (Phi) is 8.71. The third-order valence-electron chi connectivity index (χ3n) is 3.97. The van der Waals surface area contributed by atoms with Gasteiger partial charge in [-0.25, -0.2) is 4.99 Å². The van der Waals surface area contributed by atoms with Crippen molar-refractivity contribution in [1.82, 2.24) is 5.32 Å². The Hall–Kier alpha value is -2.82. The molecule has 2 aromatic rings. The molecule has 4 nitrogen and oxygen atoms in total. The molecule has 29 heavy (non-hydrogen) atoms. The van der Waals surface area contributed by atoms with E-state index in [1.54, 1.807) is 42.5 Å². The molecule has 0 bridgehead atoms. The summed E-state index contributed by atoms with van der Waals surface area (Å²) in [7, 11) is 0. The van der Waals surface area contributed by atoms with E-state index in [0.717, 1.165) is 5.56 Å². The van der Waals surface area contributed by atoms with Gasteiger partial charge in [-0.1, -0.05) is 60.1 Å². The summed E-state index contributed by atoms with van der Waals surface area (Å²) < 4.78 is 0. The summed E-state index contributed by atoms with van der Waals surface area (Å²) in [5.41, 5.74) is 2.18. The van der Waals surface area contributed by atoms with Gasteiger partial charge in [-0.05, 0) is 61.9 Å². The second-order valence-electron chi connectivity index (χ2n) is 6.16. The van der Waals surface area contributed by atoms with E-state index < -0.39 is 0 Å². The first-order chi connectivity index (χ1) is 13.9. The van der Waals surface area contributed by atoms with Crippen molar-refractivity contribution < 1.29 is 4.79 Å². The fraction of sp³-hybridized carbons (Fsp3) is 0.130. The molecule has 2 aromatic carbocycles. The Morgan fingerprint density at radius 3 is 2.66 bits per heavy atom. The average molecular weight is 428 g/mol. The van der Waals surface area contributed by atoms with Crippen LogP contribution in [-0.4, -0.2) is 11.1 Å². The number of rotatable bonds is 8. The summed E-state index contributed by atoms with van der Waals surface area (Å²) >= 11 is 12.1. The molecule has 0 saturated carbocycles. The van der Waals surface area contributed by atoms with Gasteiger partial charge in [0.25, 0.3) is 5.91 Å². The van der Waals surface area contributed by atoms with E-state index in [9.17, 15) is 4.79 Å². The summed E-state index contributed by atoms with van der Waals surface area (Å²) in [5, 5.41) is 7.07. The van der Waals surface area contributed by atoms with Crippen LogP contribution in [0.25, 0.3) is 0 Å². The van der Waals surface area contributed by atoms with E-state index in [1.165, 1.54) is 0 Å². The van der Waals surface area contributed by atoms with E-state index in [1.807, 2.05) is 44.2 Å². The highest BCUT2D eigenvalue weighted by atomic mass is 35.5. The van der Waals surface area contributed by atoms with Crippen LogP contribution in [0.4, 0.5) is 5.69 Å². The minimum atomic E-state index is -0.218. The van der Waals surface area contributed by atoms with Gasteiger partial charge in [-0.15, -0.1) is 0 Å². The van der Waals surface area contributed by atoms with Gasteiger partial charge in [0, 0.05) is 16.3 Å². The summed E-state index contributed by atoms with van der Waals surface area (Å²) in [6, 6.07) is 14.4. The highest BCUT2D eigenvalue weighted by Crippen LogP contribution is 2.20. The fourth-order valence-electron chi connectivity index (χ4n) is 2.50. The highest BCUT2D eigenvalue weighted by molar-refractivity contribution is 6.68. The van der Waals surface area contributed by atoms with Crippen LogP contribution in [0.2, 0.25) is 5.02 Å². The second-order valence-corrected chi connectivity index (χ2v) is 6.98. The van der Waals surface area contributed by atoms with Crippen LogP contribution in [0.5, 0.6) is 0 Å². The molecule has 0 radical (unpaired) electrons. The summed E-state index contributed by atoms with van der Waals surface area (Å²) in [6.45, 7) is 7.49. The third kappa shape index (κ3) is 7.26. The molecule has 1 amide bonds. The number of amides is 1. The Labute approximate surface area is 181 Å². The van der Waals surface area contributed by atoms with Crippen LogP contribution >= 0.6 is 23.2 Å². The van der Waals surface area contributed by atoms with Crippen molar-refractivity contribution in [3.8, 4) is 0 Å². The summed E-state index contributed by atoms with van der Waals surface area (Å²) in [5.74, 6) is 0.425. The largest absolute Gasteiger partial charge is 0.364 e. The number of halogens is 2. The quantitative estimate of drug-likeness (QED) is 0.373.